The van der Waals surface area contributed by atoms with Crippen molar-refractivity contribution in [2.75, 3.05) is 32.9 Å². The van der Waals surface area contributed by atoms with Crippen molar-refractivity contribution in [3.05, 3.63) is 11.6 Å². The molecule has 1 fully saturated rings. The average Bonchev–Trinajstić information content (AvgIpc) is 2.53. The van der Waals surface area contributed by atoms with Gasteiger partial charge in [-0.25, -0.2) is 4.39 Å². The lowest BCUT2D eigenvalue weighted by Crippen LogP contribution is -2.54. The summed E-state index contributed by atoms with van der Waals surface area (Å²) in [5.74, 6) is 0.823. The largest absolute Gasteiger partial charge is 0.388 e. The Morgan fingerprint density at radius 2 is 1.91 bits per heavy atom. The summed E-state index contributed by atoms with van der Waals surface area (Å²) in [7, 11) is 0. The Labute approximate surface area is 131 Å². The van der Waals surface area contributed by atoms with Crippen LogP contribution in [-0.2, 0) is 0 Å². The standard InChI is InChI=1S/C16H29FN2O3/c1-11-3-7-19(8-4-11)6-2-5-18-13-9-12(10-17)14(20)16(22)15(13)21/h9,11,13-16,18,20-22H,2-8,10H2,1H3/t13-,14+,15+,16+/m1/s1. The molecular weight excluding hydrogens is 287 g/mol. The van der Waals surface area contributed by atoms with Gasteiger partial charge in [0.25, 0.3) is 0 Å². The van der Waals surface area contributed by atoms with Crippen LogP contribution in [0.1, 0.15) is 26.2 Å². The molecule has 6 heteroatoms. The number of likely N-dealkylation sites (tertiary alicyclic amines) is 1. The molecule has 128 valence electrons. The minimum Gasteiger partial charge on any atom is -0.388 e. The zero-order valence-electron chi connectivity index (χ0n) is 13.3. The van der Waals surface area contributed by atoms with Crippen molar-refractivity contribution in [2.24, 2.45) is 5.92 Å². The molecule has 0 radical (unpaired) electrons. The van der Waals surface area contributed by atoms with Gasteiger partial charge in [-0.2, -0.15) is 0 Å². The van der Waals surface area contributed by atoms with Crippen LogP contribution in [-0.4, -0.2) is 77.4 Å². The molecule has 2 rings (SSSR count). The maximum Gasteiger partial charge on any atom is 0.113 e. The maximum absolute atomic E-state index is 12.8. The number of rotatable bonds is 6. The normalized spacial score (nSPS) is 34.7. The van der Waals surface area contributed by atoms with Crippen LogP contribution in [0.5, 0.6) is 0 Å². The molecule has 0 aromatic rings. The molecule has 4 atom stereocenters. The molecule has 1 aliphatic carbocycles. The van der Waals surface area contributed by atoms with Crippen molar-refractivity contribution < 1.29 is 19.7 Å². The van der Waals surface area contributed by atoms with Crippen LogP contribution >= 0.6 is 0 Å². The molecule has 4 N–H and O–H groups in total. The van der Waals surface area contributed by atoms with E-state index in [4.69, 9.17) is 0 Å². The van der Waals surface area contributed by atoms with E-state index in [-0.39, 0.29) is 5.57 Å². The first-order valence-corrected chi connectivity index (χ1v) is 8.29. The highest BCUT2D eigenvalue weighted by Gasteiger charge is 2.36. The summed E-state index contributed by atoms with van der Waals surface area (Å²) < 4.78 is 12.8. The van der Waals surface area contributed by atoms with E-state index in [9.17, 15) is 19.7 Å². The third-order valence-corrected chi connectivity index (χ3v) is 4.88. The van der Waals surface area contributed by atoms with Gasteiger partial charge in [-0.05, 0) is 56.9 Å². The van der Waals surface area contributed by atoms with E-state index in [0.29, 0.717) is 6.54 Å². The molecule has 0 unspecified atom stereocenters. The number of nitrogens with zero attached hydrogens (tertiary/aromatic N) is 1. The van der Waals surface area contributed by atoms with E-state index in [1.807, 2.05) is 0 Å². The van der Waals surface area contributed by atoms with Gasteiger partial charge in [0.15, 0.2) is 0 Å². The van der Waals surface area contributed by atoms with Gasteiger partial charge in [-0.3, -0.25) is 0 Å². The number of piperidine rings is 1. The fourth-order valence-corrected chi connectivity index (χ4v) is 3.21. The lowest BCUT2D eigenvalue weighted by Gasteiger charge is -2.34. The third kappa shape index (κ3) is 4.49. The van der Waals surface area contributed by atoms with E-state index in [0.717, 1.165) is 32.0 Å². The van der Waals surface area contributed by atoms with Crippen LogP contribution in [0.15, 0.2) is 11.6 Å². The monoisotopic (exact) mass is 316 g/mol. The van der Waals surface area contributed by atoms with Crippen LogP contribution in [0.2, 0.25) is 0 Å². The number of hydrogen-bond donors (Lipinski definition) is 4. The lowest BCUT2D eigenvalue weighted by atomic mass is 9.88. The second kappa shape index (κ2) is 8.36. The predicted molar refractivity (Wildman–Crippen MR) is 83.3 cm³/mol. The zero-order chi connectivity index (χ0) is 16.1. The summed E-state index contributed by atoms with van der Waals surface area (Å²) in [6.45, 7) is 5.46. The second-order valence-corrected chi connectivity index (χ2v) is 6.66. The van der Waals surface area contributed by atoms with Crippen LogP contribution < -0.4 is 5.32 Å². The molecule has 2 aliphatic rings. The van der Waals surface area contributed by atoms with E-state index in [1.165, 1.54) is 18.9 Å². The first-order valence-electron chi connectivity index (χ1n) is 8.29. The number of nitrogens with one attached hydrogen (secondary N) is 1. The van der Waals surface area contributed by atoms with Crippen LogP contribution in [0.4, 0.5) is 4.39 Å². The minimum atomic E-state index is -1.34. The van der Waals surface area contributed by atoms with Crippen LogP contribution in [0.25, 0.3) is 0 Å². The highest BCUT2D eigenvalue weighted by Crippen LogP contribution is 2.21. The molecule has 0 spiro atoms. The van der Waals surface area contributed by atoms with Crippen molar-refractivity contribution in [1.82, 2.24) is 10.2 Å². The molecule has 1 aliphatic heterocycles. The number of aliphatic hydroxyl groups is 3. The van der Waals surface area contributed by atoms with Crippen LogP contribution in [0.3, 0.4) is 0 Å². The van der Waals surface area contributed by atoms with Gasteiger partial charge in [0.05, 0.1) is 6.04 Å². The second-order valence-electron chi connectivity index (χ2n) is 6.66. The lowest BCUT2D eigenvalue weighted by molar-refractivity contribution is -0.0629. The summed E-state index contributed by atoms with van der Waals surface area (Å²) in [6.07, 6.45) is 1.19. The van der Waals surface area contributed by atoms with Crippen LogP contribution in [0, 0.1) is 5.92 Å². The Balaban J connectivity index is 1.73. The number of aliphatic hydroxyl groups excluding tert-OH is 3. The van der Waals surface area contributed by atoms with E-state index < -0.39 is 31.0 Å². The Morgan fingerprint density at radius 1 is 1.23 bits per heavy atom. The van der Waals surface area contributed by atoms with Crippen molar-refractivity contribution in [2.45, 2.75) is 50.5 Å². The van der Waals surface area contributed by atoms with Gasteiger partial charge in [0, 0.05) is 0 Å². The Morgan fingerprint density at radius 3 is 2.55 bits per heavy atom. The summed E-state index contributed by atoms with van der Waals surface area (Å²) in [5.41, 5.74) is 0.139. The number of halogens is 1. The Bertz CT molecular complexity index is 372. The Kier molecular flexibility index (Phi) is 6.77. The zero-order valence-corrected chi connectivity index (χ0v) is 13.3. The van der Waals surface area contributed by atoms with Gasteiger partial charge in [-0.15, -0.1) is 0 Å². The predicted octanol–water partition coefficient (Wildman–Crippen LogP) is 0.0588. The molecule has 0 amide bonds. The van der Waals surface area contributed by atoms with Crippen molar-refractivity contribution in [3.63, 3.8) is 0 Å². The molecule has 0 aromatic heterocycles. The molecule has 0 aromatic carbocycles. The summed E-state index contributed by atoms with van der Waals surface area (Å²) in [4.78, 5) is 2.44. The summed E-state index contributed by atoms with van der Waals surface area (Å²) in [6, 6.07) is -0.509. The smallest absolute Gasteiger partial charge is 0.113 e. The molecule has 22 heavy (non-hydrogen) atoms. The molecule has 0 bridgehead atoms. The first-order chi connectivity index (χ1) is 10.5. The first kappa shape index (κ1) is 17.8. The minimum absolute atomic E-state index is 0.139. The van der Waals surface area contributed by atoms with Gasteiger partial charge < -0.3 is 25.5 Å². The third-order valence-electron chi connectivity index (χ3n) is 4.88. The SMILES string of the molecule is CC1CCN(CCCN[C@@H]2C=C(CF)[C@H](O)[C@H](O)[C@H]2O)CC1. The Hall–Kier alpha value is -0.530. The molecule has 5 nitrogen and oxygen atoms in total. The summed E-state index contributed by atoms with van der Waals surface area (Å²) >= 11 is 0. The van der Waals surface area contributed by atoms with Gasteiger partial charge in [-0.1, -0.05) is 13.0 Å². The molecular formula is C16H29FN2O3. The highest BCUT2D eigenvalue weighted by molar-refractivity contribution is 5.21. The van der Waals surface area contributed by atoms with Crippen molar-refractivity contribution in [3.8, 4) is 0 Å². The van der Waals surface area contributed by atoms with E-state index in [1.54, 1.807) is 0 Å². The van der Waals surface area contributed by atoms with E-state index >= 15 is 0 Å². The van der Waals surface area contributed by atoms with E-state index in [2.05, 4.69) is 17.1 Å². The van der Waals surface area contributed by atoms with Gasteiger partial charge in [0.2, 0.25) is 0 Å². The van der Waals surface area contributed by atoms with Gasteiger partial charge in [0.1, 0.15) is 25.0 Å². The fraction of sp³-hybridized carbons (Fsp3) is 0.875. The quantitative estimate of drug-likeness (QED) is 0.412. The van der Waals surface area contributed by atoms with Gasteiger partial charge >= 0.3 is 0 Å². The topological polar surface area (TPSA) is 76.0 Å². The molecule has 1 heterocycles. The molecule has 0 saturated carbocycles. The summed E-state index contributed by atoms with van der Waals surface area (Å²) in [5, 5.41) is 32.5. The molecule has 1 saturated heterocycles. The number of hydrogen-bond acceptors (Lipinski definition) is 5. The average molecular weight is 316 g/mol. The number of alkyl halides is 1. The fourth-order valence-electron chi connectivity index (χ4n) is 3.21. The highest BCUT2D eigenvalue weighted by atomic mass is 19.1. The van der Waals surface area contributed by atoms with Crippen molar-refractivity contribution in [1.29, 1.82) is 0 Å². The maximum atomic E-state index is 12.8. The van der Waals surface area contributed by atoms with Crippen molar-refractivity contribution >= 4 is 0 Å².